The van der Waals surface area contributed by atoms with E-state index in [4.69, 9.17) is 17.3 Å². The fraction of sp³-hybridized carbons (Fsp3) is 0.105. The van der Waals surface area contributed by atoms with E-state index in [9.17, 15) is 9.59 Å². The number of benzene rings is 2. The lowest BCUT2D eigenvalue weighted by molar-refractivity contribution is 0.102. The zero-order valence-electron chi connectivity index (χ0n) is 14.5. The highest BCUT2D eigenvalue weighted by Gasteiger charge is 2.14. The molecule has 0 saturated heterocycles. The lowest BCUT2D eigenvalue weighted by atomic mass is 10.1. The second-order valence-corrected chi connectivity index (χ2v) is 7.20. The number of halogens is 1. The van der Waals surface area contributed by atoms with Crippen molar-refractivity contribution in [3.05, 3.63) is 80.6 Å². The van der Waals surface area contributed by atoms with Crippen LogP contribution in [0.3, 0.4) is 0 Å². The highest BCUT2D eigenvalue weighted by atomic mass is 35.5. The summed E-state index contributed by atoms with van der Waals surface area (Å²) in [7, 11) is 0. The molecule has 0 radical (unpaired) electrons. The van der Waals surface area contributed by atoms with Gasteiger partial charge in [-0.15, -0.1) is 0 Å². The number of anilines is 2. The molecule has 1 heterocycles. The number of nitrogens with zero attached hydrogens (tertiary/aromatic N) is 1. The molecule has 3 aromatic rings. The van der Waals surface area contributed by atoms with Crippen LogP contribution in [0.25, 0.3) is 0 Å². The van der Waals surface area contributed by atoms with Gasteiger partial charge in [0.05, 0.1) is 0 Å². The zero-order chi connectivity index (χ0) is 19.4. The Morgan fingerprint density at radius 2 is 1.93 bits per heavy atom. The quantitative estimate of drug-likeness (QED) is 0.446. The number of nitrogens with two attached hydrogens (primary N) is 1. The number of rotatable bonds is 5. The number of amides is 1. The number of aromatic nitrogens is 2. The third kappa shape index (κ3) is 4.69. The van der Waals surface area contributed by atoms with Gasteiger partial charge in [0.1, 0.15) is 5.69 Å². The zero-order valence-corrected chi connectivity index (χ0v) is 16.0. The number of thioether (sulfide) groups is 1. The number of carbonyl (C=O) groups excluding carboxylic acids is 1. The molecule has 138 valence electrons. The van der Waals surface area contributed by atoms with Gasteiger partial charge in [0.2, 0.25) is 0 Å². The van der Waals surface area contributed by atoms with Crippen LogP contribution in [-0.4, -0.2) is 15.9 Å². The Hall–Kier alpha value is -2.77. The number of hydrogen-bond acceptors (Lipinski definition) is 5. The van der Waals surface area contributed by atoms with Crippen LogP contribution in [0.1, 0.15) is 21.5 Å². The molecule has 0 aliphatic rings. The molecule has 0 fully saturated rings. The van der Waals surface area contributed by atoms with Crippen LogP contribution in [0.4, 0.5) is 11.5 Å². The van der Waals surface area contributed by atoms with Crippen molar-refractivity contribution in [1.82, 2.24) is 9.97 Å². The van der Waals surface area contributed by atoms with Crippen molar-refractivity contribution in [3.63, 3.8) is 0 Å². The Balaban J connectivity index is 1.75. The van der Waals surface area contributed by atoms with Crippen molar-refractivity contribution >= 4 is 40.8 Å². The third-order valence-corrected chi connectivity index (χ3v) is 5.09. The monoisotopic (exact) mass is 400 g/mol. The number of nitrogens with one attached hydrogen (secondary N) is 2. The molecule has 27 heavy (non-hydrogen) atoms. The van der Waals surface area contributed by atoms with Gasteiger partial charge in [-0.3, -0.25) is 14.6 Å². The molecule has 6 nitrogen and oxygen atoms in total. The molecule has 0 aliphatic carbocycles. The lowest BCUT2D eigenvalue weighted by Crippen LogP contribution is -2.23. The van der Waals surface area contributed by atoms with Crippen molar-refractivity contribution in [3.8, 4) is 0 Å². The van der Waals surface area contributed by atoms with Gasteiger partial charge in [-0.05, 0) is 30.7 Å². The first-order valence-electron chi connectivity index (χ1n) is 8.08. The van der Waals surface area contributed by atoms with Crippen LogP contribution in [0, 0.1) is 6.92 Å². The van der Waals surface area contributed by atoms with Crippen molar-refractivity contribution in [2.45, 2.75) is 17.8 Å². The van der Waals surface area contributed by atoms with E-state index in [2.05, 4.69) is 15.3 Å². The summed E-state index contributed by atoms with van der Waals surface area (Å²) >= 11 is 7.42. The van der Waals surface area contributed by atoms with Crippen LogP contribution >= 0.6 is 23.4 Å². The summed E-state index contributed by atoms with van der Waals surface area (Å²) in [5.41, 5.74) is 7.69. The summed E-state index contributed by atoms with van der Waals surface area (Å²) in [6, 6.07) is 14.4. The van der Waals surface area contributed by atoms with Gasteiger partial charge in [-0.25, -0.2) is 4.98 Å². The Kier molecular flexibility index (Phi) is 5.83. The summed E-state index contributed by atoms with van der Waals surface area (Å²) < 4.78 is 0. The number of aryl methyl sites for hydroxylation is 1. The van der Waals surface area contributed by atoms with E-state index in [-0.39, 0.29) is 11.5 Å². The highest BCUT2D eigenvalue weighted by Crippen LogP contribution is 2.25. The second kappa shape index (κ2) is 8.28. The first-order valence-corrected chi connectivity index (χ1v) is 9.44. The second-order valence-electron chi connectivity index (χ2n) is 5.83. The average molecular weight is 401 g/mol. The van der Waals surface area contributed by atoms with E-state index in [1.54, 1.807) is 18.2 Å². The molecule has 0 spiro atoms. The molecule has 0 bridgehead atoms. The van der Waals surface area contributed by atoms with Gasteiger partial charge >= 0.3 is 0 Å². The molecule has 1 amide bonds. The minimum absolute atomic E-state index is 0.0409. The van der Waals surface area contributed by atoms with Gasteiger partial charge in [0.15, 0.2) is 11.0 Å². The summed E-state index contributed by atoms with van der Waals surface area (Å²) in [6.45, 7) is 1.92. The van der Waals surface area contributed by atoms with Crippen molar-refractivity contribution in [1.29, 1.82) is 0 Å². The molecule has 3 rings (SSSR count). The van der Waals surface area contributed by atoms with Crippen LogP contribution in [-0.2, 0) is 5.75 Å². The Morgan fingerprint density at radius 3 is 2.59 bits per heavy atom. The molecule has 0 saturated carbocycles. The molecule has 0 atom stereocenters. The fourth-order valence-electron chi connectivity index (χ4n) is 2.31. The van der Waals surface area contributed by atoms with Crippen molar-refractivity contribution in [2.75, 3.05) is 11.1 Å². The minimum atomic E-state index is -0.510. The smallest absolute Gasteiger partial charge is 0.277 e. The van der Waals surface area contributed by atoms with Gasteiger partial charge in [0.25, 0.3) is 11.5 Å². The molecular formula is C19H17ClN4O2S. The molecule has 0 aliphatic heterocycles. The SMILES string of the molecule is Cc1ccc(C(=O)Nc2c(N)nc(SCc3ccccc3Cl)[nH]c2=O)cc1. The number of hydrogen-bond donors (Lipinski definition) is 3. The Labute approximate surface area is 165 Å². The molecular weight excluding hydrogens is 384 g/mol. The molecule has 0 unspecified atom stereocenters. The molecule has 2 aromatic carbocycles. The highest BCUT2D eigenvalue weighted by molar-refractivity contribution is 7.98. The number of carbonyl (C=O) groups is 1. The molecule has 4 N–H and O–H groups in total. The van der Waals surface area contributed by atoms with E-state index in [0.717, 1.165) is 11.1 Å². The van der Waals surface area contributed by atoms with E-state index < -0.39 is 11.5 Å². The van der Waals surface area contributed by atoms with Gasteiger partial charge in [-0.1, -0.05) is 59.3 Å². The Bertz CT molecular complexity index is 1030. The Morgan fingerprint density at radius 1 is 1.22 bits per heavy atom. The lowest BCUT2D eigenvalue weighted by Gasteiger charge is -2.09. The van der Waals surface area contributed by atoms with E-state index in [1.807, 2.05) is 37.3 Å². The summed E-state index contributed by atoms with van der Waals surface area (Å²) in [5, 5.41) is 3.52. The maximum Gasteiger partial charge on any atom is 0.277 e. The van der Waals surface area contributed by atoms with Crippen LogP contribution in [0.15, 0.2) is 58.5 Å². The summed E-state index contributed by atoms with van der Waals surface area (Å²) in [6.07, 6.45) is 0. The predicted octanol–water partition coefficient (Wildman–Crippen LogP) is 3.86. The van der Waals surface area contributed by atoms with E-state index in [1.165, 1.54) is 11.8 Å². The third-order valence-electron chi connectivity index (χ3n) is 3.80. The van der Waals surface area contributed by atoms with Gasteiger partial charge < -0.3 is 11.1 Å². The maximum absolute atomic E-state index is 12.3. The number of nitrogen functional groups attached to an aromatic ring is 1. The predicted molar refractivity (Wildman–Crippen MR) is 109 cm³/mol. The van der Waals surface area contributed by atoms with Crippen LogP contribution < -0.4 is 16.6 Å². The number of H-pyrrole nitrogens is 1. The topological polar surface area (TPSA) is 101 Å². The fourth-order valence-corrected chi connectivity index (χ4v) is 3.46. The van der Waals surface area contributed by atoms with E-state index in [0.29, 0.717) is 21.5 Å². The summed E-state index contributed by atoms with van der Waals surface area (Å²) in [5.74, 6) is 0.0586. The maximum atomic E-state index is 12.3. The normalized spacial score (nSPS) is 10.6. The van der Waals surface area contributed by atoms with Crippen molar-refractivity contribution in [2.24, 2.45) is 0 Å². The summed E-state index contributed by atoms with van der Waals surface area (Å²) in [4.78, 5) is 31.4. The van der Waals surface area contributed by atoms with Crippen LogP contribution in [0.5, 0.6) is 0 Å². The molecule has 8 heteroatoms. The minimum Gasteiger partial charge on any atom is -0.382 e. The largest absolute Gasteiger partial charge is 0.382 e. The van der Waals surface area contributed by atoms with Crippen LogP contribution in [0.2, 0.25) is 5.02 Å². The standard InChI is InChI=1S/C19H17ClN4O2S/c1-11-6-8-12(9-7-11)17(25)22-15-16(21)23-19(24-18(15)26)27-10-13-4-2-3-5-14(13)20/h2-9H,10H2,1H3,(H,22,25)(H3,21,23,24,26). The molecule has 1 aromatic heterocycles. The first kappa shape index (κ1) is 19.0. The number of aromatic amines is 1. The first-order chi connectivity index (χ1) is 12.9. The van der Waals surface area contributed by atoms with Crippen molar-refractivity contribution < 1.29 is 4.79 Å². The van der Waals surface area contributed by atoms with Gasteiger partial charge in [0, 0.05) is 16.3 Å². The van der Waals surface area contributed by atoms with E-state index >= 15 is 0 Å². The average Bonchev–Trinajstić information content (AvgIpc) is 2.64. The van der Waals surface area contributed by atoms with Gasteiger partial charge in [-0.2, -0.15) is 0 Å².